The van der Waals surface area contributed by atoms with Gasteiger partial charge in [-0.25, -0.2) is 0 Å². The van der Waals surface area contributed by atoms with Crippen LogP contribution in [0.25, 0.3) is 0 Å². The second-order valence-corrected chi connectivity index (χ2v) is 5.03. The second kappa shape index (κ2) is 6.92. The molecule has 0 bridgehead atoms. The molecule has 19 heavy (non-hydrogen) atoms. The summed E-state index contributed by atoms with van der Waals surface area (Å²) in [6.45, 7) is 1.37. The maximum Gasteiger partial charge on any atom is 0.0685 e. The number of halogens is 2. The molecular weight excluding hydrogens is 281 g/mol. The zero-order valence-corrected chi connectivity index (χ0v) is 11.9. The lowest BCUT2D eigenvalue weighted by Crippen LogP contribution is -2.14. The molecule has 2 rings (SSSR count). The third-order valence-electron chi connectivity index (χ3n) is 2.95. The smallest absolute Gasteiger partial charge is 0.0685 e. The van der Waals surface area contributed by atoms with Gasteiger partial charge < -0.3 is 10.4 Å². The fraction of sp³-hybridized carbons (Fsp3) is 0.200. The Morgan fingerprint density at radius 1 is 0.842 bits per heavy atom. The molecule has 0 saturated heterocycles. The molecule has 2 N–H and O–H groups in total. The Kier molecular flexibility index (Phi) is 5.23. The molecule has 0 atom stereocenters. The number of hydrogen-bond donors (Lipinski definition) is 2. The average molecular weight is 296 g/mol. The Bertz CT molecular complexity index is 558. The first-order chi connectivity index (χ1) is 9.22. The standard InChI is InChI=1S/C15H15Cl2NO/c16-14-7-3-6-12(15(14)17)9-18-8-11-4-1-2-5-13(11)10-19/h1-7,18-19H,8-10H2. The molecule has 0 aliphatic heterocycles. The van der Waals surface area contributed by atoms with Crippen LogP contribution in [0.15, 0.2) is 42.5 Å². The number of nitrogens with one attached hydrogen (secondary N) is 1. The highest BCUT2D eigenvalue weighted by atomic mass is 35.5. The third kappa shape index (κ3) is 3.71. The van der Waals surface area contributed by atoms with Gasteiger partial charge in [-0.1, -0.05) is 59.6 Å². The van der Waals surface area contributed by atoms with Crippen LogP contribution in [0.2, 0.25) is 10.0 Å². The highest BCUT2D eigenvalue weighted by Gasteiger charge is 2.04. The zero-order valence-electron chi connectivity index (χ0n) is 10.4. The summed E-state index contributed by atoms with van der Waals surface area (Å²) in [6, 6.07) is 13.4. The first-order valence-corrected chi connectivity index (χ1v) is 6.79. The van der Waals surface area contributed by atoms with Gasteiger partial charge in [0.05, 0.1) is 16.7 Å². The van der Waals surface area contributed by atoms with Gasteiger partial charge in [-0.15, -0.1) is 0 Å². The monoisotopic (exact) mass is 295 g/mol. The lowest BCUT2D eigenvalue weighted by Gasteiger charge is -2.10. The van der Waals surface area contributed by atoms with Crippen LogP contribution in [0.1, 0.15) is 16.7 Å². The minimum atomic E-state index is 0.0514. The Morgan fingerprint density at radius 2 is 1.47 bits per heavy atom. The summed E-state index contributed by atoms with van der Waals surface area (Å²) in [5, 5.41) is 13.7. The first-order valence-electron chi connectivity index (χ1n) is 6.03. The van der Waals surface area contributed by atoms with Gasteiger partial charge in [0.25, 0.3) is 0 Å². The summed E-state index contributed by atoms with van der Waals surface area (Å²) in [5.41, 5.74) is 2.99. The van der Waals surface area contributed by atoms with Gasteiger partial charge in [0.15, 0.2) is 0 Å². The van der Waals surface area contributed by atoms with E-state index in [2.05, 4.69) is 5.32 Å². The fourth-order valence-corrected chi connectivity index (χ4v) is 2.29. The lowest BCUT2D eigenvalue weighted by atomic mass is 10.1. The summed E-state index contributed by atoms with van der Waals surface area (Å²) in [7, 11) is 0. The van der Waals surface area contributed by atoms with Crippen LogP contribution in [0.3, 0.4) is 0 Å². The summed E-state index contributed by atoms with van der Waals surface area (Å²) in [4.78, 5) is 0. The maximum absolute atomic E-state index is 9.25. The summed E-state index contributed by atoms with van der Waals surface area (Å²) < 4.78 is 0. The van der Waals surface area contributed by atoms with E-state index in [0.29, 0.717) is 23.1 Å². The molecule has 0 aliphatic carbocycles. The molecule has 0 unspecified atom stereocenters. The van der Waals surface area contributed by atoms with Crippen molar-refractivity contribution >= 4 is 23.2 Å². The van der Waals surface area contributed by atoms with Crippen LogP contribution < -0.4 is 5.32 Å². The number of aliphatic hydroxyl groups is 1. The van der Waals surface area contributed by atoms with Gasteiger partial charge in [0.2, 0.25) is 0 Å². The number of benzene rings is 2. The molecule has 0 heterocycles. The minimum Gasteiger partial charge on any atom is -0.392 e. The van der Waals surface area contributed by atoms with Crippen molar-refractivity contribution in [1.82, 2.24) is 5.32 Å². The van der Waals surface area contributed by atoms with Crippen LogP contribution in [-0.4, -0.2) is 5.11 Å². The summed E-state index contributed by atoms with van der Waals surface area (Å²) >= 11 is 12.1. The lowest BCUT2D eigenvalue weighted by molar-refractivity contribution is 0.280. The molecule has 0 aliphatic rings. The number of aliphatic hydroxyl groups excluding tert-OH is 1. The third-order valence-corrected chi connectivity index (χ3v) is 3.81. The largest absolute Gasteiger partial charge is 0.392 e. The van der Waals surface area contributed by atoms with Crippen molar-refractivity contribution in [3.63, 3.8) is 0 Å². The van der Waals surface area contributed by atoms with E-state index in [1.807, 2.05) is 36.4 Å². The van der Waals surface area contributed by atoms with Crippen LogP contribution in [0.5, 0.6) is 0 Å². The predicted molar refractivity (Wildman–Crippen MR) is 79.4 cm³/mol. The fourth-order valence-electron chi connectivity index (χ4n) is 1.90. The predicted octanol–water partition coefficient (Wildman–Crippen LogP) is 3.78. The minimum absolute atomic E-state index is 0.0514. The molecule has 0 radical (unpaired) electrons. The van der Waals surface area contributed by atoms with Crippen molar-refractivity contribution in [3.05, 3.63) is 69.2 Å². The Balaban J connectivity index is 1.98. The number of rotatable bonds is 5. The Morgan fingerprint density at radius 3 is 2.21 bits per heavy atom. The second-order valence-electron chi connectivity index (χ2n) is 4.24. The molecule has 2 nitrogen and oxygen atoms in total. The van der Waals surface area contributed by atoms with Gasteiger partial charge in [0, 0.05) is 13.1 Å². The van der Waals surface area contributed by atoms with Gasteiger partial charge in [-0.05, 0) is 22.8 Å². The van der Waals surface area contributed by atoms with Gasteiger partial charge >= 0.3 is 0 Å². The van der Waals surface area contributed by atoms with Crippen LogP contribution in [0.4, 0.5) is 0 Å². The highest BCUT2D eigenvalue weighted by molar-refractivity contribution is 6.42. The van der Waals surface area contributed by atoms with Crippen LogP contribution >= 0.6 is 23.2 Å². The molecule has 0 aromatic heterocycles. The molecule has 100 valence electrons. The Hall–Kier alpha value is -1.06. The zero-order chi connectivity index (χ0) is 13.7. The summed E-state index contributed by atoms with van der Waals surface area (Å²) in [5.74, 6) is 0. The molecular formula is C15H15Cl2NO. The van der Waals surface area contributed by atoms with Gasteiger partial charge in [-0.3, -0.25) is 0 Å². The average Bonchev–Trinajstić information content (AvgIpc) is 2.44. The summed E-state index contributed by atoms with van der Waals surface area (Å²) in [6.07, 6.45) is 0. The van der Waals surface area contributed by atoms with E-state index >= 15 is 0 Å². The Labute approximate surface area is 123 Å². The molecule has 2 aromatic carbocycles. The van der Waals surface area contributed by atoms with Crippen molar-refractivity contribution in [2.45, 2.75) is 19.7 Å². The molecule has 0 amide bonds. The van der Waals surface area contributed by atoms with Crippen molar-refractivity contribution in [1.29, 1.82) is 0 Å². The van der Waals surface area contributed by atoms with Gasteiger partial charge in [0.1, 0.15) is 0 Å². The van der Waals surface area contributed by atoms with E-state index < -0.39 is 0 Å². The van der Waals surface area contributed by atoms with Crippen LogP contribution in [-0.2, 0) is 19.7 Å². The highest BCUT2D eigenvalue weighted by Crippen LogP contribution is 2.25. The van der Waals surface area contributed by atoms with Crippen molar-refractivity contribution < 1.29 is 5.11 Å². The normalized spacial score (nSPS) is 10.7. The van der Waals surface area contributed by atoms with E-state index in [1.165, 1.54) is 0 Å². The number of hydrogen-bond acceptors (Lipinski definition) is 2. The van der Waals surface area contributed by atoms with Crippen molar-refractivity contribution in [2.24, 2.45) is 0 Å². The van der Waals surface area contributed by atoms with Crippen molar-refractivity contribution in [2.75, 3.05) is 0 Å². The first kappa shape index (κ1) is 14.4. The molecule has 0 saturated carbocycles. The van der Waals surface area contributed by atoms with E-state index in [-0.39, 0.29) is 6.61 Å². The molecule has 0 spiro atoms. The molecule has 2 aromatic rings. The van der Waals surface area contributed by atoms with Crippen molar-refractivity contribution in [3.8, 4) is 0 Å². The van der Waals surface area contributed by atoms with E-state index in [1.54, 1.807) is 6.07 Å². The maximum atomic E-state index is 9.25. The topological polar surface area (TPSA) is 32.3 Å². The van der Waals surface area contributed by atoms with E-state index in [4.69, 9.17) is 23.2 Å². The van der Waals surface area contributed by atoms with Gasteiger partial charge in [-0.2, -0.15) is 0 Å². The van der Waals surface area contributed by atoms with E-state index in [0.717, 1.165) is 16.7 Å². The quantitative estimate of drug-likeness (QED) is 0.880. The molecule has 4 heteroatoms. The SMILES string of the molecule is OCc1ccccc1CNCc1cccc(Cl)c1Cl. The van der Waals surface area contributed by atoms with Crippen LogP contribution in [0, 0.1) is 0 Å². The molecule has 0 fully saturated rings. The van der Waals surface area contributed by atoms with E-state index in [9.17, 15) is 5.11 Å².